The highest BCUT2D eigenvalue weighted by atomic mass is 16.5. The molecule has 0 aliphatic carbocycles. The second-order valence-corrected chi connectivity index (χ2v) is 5.81. The van der Waals surface area contributed by atoms with Gasteiger partial charge in [-0.2, -0.15) is 0 Å². The molecular weight excluding hydrogens is 232 g/mol. The van der Waals surface area contributed by atoms with Gasteiger partial charge in [-0.1, -0.05) is 20.8 Å². The van der Waals surface area contributed by atoms with Gasteiger partial charge in [-0.15, -0.1) is 0 Å². The monoisotopic (exact) mass is 256 g/mol. The van der Waals surface area contributed by atoms with E-state index in [1.54, 1.807) is 4.90 Å². The maximum atomic E-state index is 11.8. The van der Waals surface area contributed by atoms with Crippen molar-refractivity contribution in [1.82, 2.24) is 10.2 Å². The van der Waals surface area contributed by atoms with Gasteiger partial charge in [0.2, 0.25) is 11.8 Å². The molecule has 0 aromatic carbocycles. The zero-order valence-electron chi connectivity index (χ0n) is 11.8. The van der Waals surface area contributed by atoms with Crippen molar-refractivity contribution in [3.63, 3.8) is 0 Å². The third kappa shape index (κ3) is 4.29. The largest absolute Gasteiger partial charge is 0.375 e. The number of methoxy groups -OCH3 is 1. The molecule has 1 aliphatic heterocycles. The van der Waals surface area contributed by atoms with Crippen LogP contribution >= 0.6 is 0 Å². The topological polar surface area (TPSA) is 58.6 Å². The van der Waals surface area contributed by atoms with Gasteiger partial charge in [0.25, 0.3) is 0 Å². The van der Waals surface area contributed by atoms with Crippen molar-refractivity contribution >= 4 is 11.8 Å². The number of ether oxygens (including phenoxy) is 1. The van der Waals surface area contributed by atoms with Crippen molar-refractivity contribution in [2.24, 2.45) is 5.41 Å². The lowest BCUT2D eigenvalue weighted by Gasteiger charge is -2.33. The van der Waals surface area contributed by atoms with Crippen molar-refractivity contribution in [2.75, 3.05) is 26.8 Å². The van der Waals surface area contributed by atoms with Gasteiger partial charge in [-0.25, -0.2) is 0 Å². The van der Waals surface area contributed by atoms with E-state index in [0.717, 1.165) is 12.8 Å². The lowest BCUT2D eigenvalue weighted by atomic mass is 9.94. The molecule has 0 aromatic heterocycles. The fourth-order valence-electron chi connectivity index (χ4n) is 1.89. The van der Waals surface area contributed by atoms with E-state index in [2.05, 4.69) is 5.32 Å². The van der Waals surface area contributed by atoms with E-state index in [9.17, 15) is 9.59 Å². The Balaban J connectivity index is 2.36. The van der Waals surface area contributed by atoms with Crippen molar-refractivity contribution in [3.8, 4) is 0 Å². The number of likely N-dealkylation sites (tertiary alicyclic amines) is 1. The van der Waals surface area contributed by atoms with Gasteiger partial charge >= 0.3 is 0 Å². The fraction of sp³-hybridized carbons (Fsp3) is 0.846. The van der Waals surface area contributed by atoms with E-state index in [-0.39, 0.29) is 29.9 Å². The molecule has 1 rings (SSSR count). The molecule has 1 saturated heterocycles. The average Bonchev–Trinajstić information content (AvgIpc) is 2.29. The predicted octanol–water partition coefficient (Wildman–Crippen LogP) is 0.786. The maximum Gasteiger partial charge on any atom is 0.248 e. The third-order valence-electron chi connectivity index (χ3n) is 3.13. The highest BCUT2D eigenvalue weighted by molar-refractivity contribution is 5.81. The third-order valence-corrected chi connectivity index (χ3v) is 3.13. The molecule has 1 fully saturated rings. The van der Waals surface area contributed by atoms with Crippen LogP contribution in [0.1, 0.15) is 33.6 Å². The van der Waals surface area contributed by atoms with Crippen LogP contribution in [-0.2, 0) is 14.3 Å². The number of carbonyl (C=O) groups is 2. The summed E-state index contributed by atoms with van der Waals surface area (Å²) < 4.78 is 4.83. The van der Waals surface area contributed by atoms with E-state index in [4.69, 9.17) is 4.74 Å². The summed E-state index contributed by atoms with van der Waals surface area (Å²) in [5.74, 6) is 0.0993. The Bertz CT molecular complexity index is 302. The first-order chi connectivity index (χ1) is 8.34. The van der Waals surface area contributed by atoms with Gasteiger partial charge in [0, 0.05) is 31.7 Å². The van der Waals surface area contributed by atoms with Crippen LogP contribution in [0, 0.1) is 5.41 Å². The molecule has 5 nitrogen and oxygen atoms in total. The number of piperidine rings is 1. The molecule has 1 aliphatic rings. The lowest BCUT2D eigenvalue weighted by molar-refractivity contribution is -0.136. The summed E-state index contributed by atoms with van der Waals surface area (Å²) in [4.78, 5) is 25.2. The van der Waals surface area contributed by atoms with Gasteiger partial charge < -0.3 is 15.0 Å². The van der Waals surface area contributed by atoms with Crippen molar-refractivity contribution < 1.29 is 14.3 Å². The molecule has 0 atom stereocenters. The molecular formula is C13H24N2O3. The second kappa shape index (κ2) is 6.18. The number of amides is 2. The molecule has 2 amide bonds. The number of nitrogens with zero attached hydrogens (tertiary/aromatic N) is 1. The highest BCUT2D eigenvalue weighted by Crippen LogP contribution is 2.16. The van der Waals surface area contributed by atoms with E-state index in [1.165, 1.54) is 7.11 Å². The molecule has 5 heteroatoms. The molecule has 0 bridgehead atoms. The van der Waals surface area contributed by atoms with Crippen LogP contribution in [0.4, 0.5) is 0 Å². The van der Waals surface area contributed by atoms with E-state index < -0.39 is 0 Å². The van der Waals surface area contributed by atoms with Gasteiger partial charge in [-0.05, 0) is 12.8 Å². The smallest absolute Gasteiger partial charge is 0.248 e. The normalized spacial score (nSPS) is 17.7. The van der Waals surface area contributed by atoms with Crippen LogP contribution in [-0.4, -0.2) is 49.6 Å². The van der Waals surface area contributed by atoms with Gasteiger partial charge in [0.1, 0.15) is 6.61 Å². The molecule has 0 spiro atoms. The van der Waals surface area contributed by atoms with Crippen LogP contribution in [0.25, 0.3) is 0 Å². The standard InChI is InChI=1S/C13H24N2O3/c1-13(2,3)12(17)14-10-5-7-15(8-6-10)11(16)9-18-4/h10H,5-9H2,1-4H3,(H,14,17). The summed E-state index contributed by atoms with van der Waals surface area (Å²) in [7, 11) is 1.52. The first kappa shape index (κ1) is 15.0. The van der Waals surface area contributed by atoms with Crippen LogP contribution < -0.4 is 5.32 Å². The Kier molecular flexibility index (Phi) is 5.14. The summed E-state index contributed by atoms with van der Waals surface area (Å²) in [6, 6.07) is 0.184. The Morgan fingerprint density at radius 1 is 1.28 bits per heavy atom. The zero-order valence-corrected chi connectivity index (χ0v) is 11.8. The molecule has 104 valence electrons. The Morgan fingerprint density at radius 3 is 2.28 bits per heavy atom. The van der Waals surface area contributed by atoms with Crippen LogP contribution in [0.3, 0.4) is 0 Å². The van der Waals surface area contributed by atoms with Crippen molar-refractivity contribution in [3.05, 3.63) is 0 Å². The van der Waals surface area contributed by atoms with E-state index >= 15 is 0 Å². The number of nitrogens with one attached hydrogen (secondary N) is 1. The number of carbonyl (C=O) groups excluding carboxylic acids is 2. The molecule has 1 heterocycles. The van der Waals surface area contributed by atoms with Crippen molar-refractivity contribution in [2.45, 2.75) is 39.7 Å². The molecule has 0 unspecified atom stereocenters. The summed E-state index contributed by atoms with van der Waals surface area (Å²) >= 11 is 0. The quantitative estimate of drug-likeness (QED) is 0.812. The van der Waals surface area contributed by atoms with Crippen molar-refractivity contribution in [1.29, 1.82) is 0 Å². The van der Waals surface area contributed by atoms with Crippen LogP contribution in [0.2, 0.25) is 0 Å². The molecule has 0 saturated carbocycles. The number of hydrogen-bond acceptors (Lipinski definition) is 3. The minimum atomic E-state index is -0.358. The average molecular weight is 256 g/mol. The maximum absolute atomic E-state index is 11.8. The van der Waals surface area contributed by atoms with Crippen LogP contribution in [0.5, 0.6) is 0 Å². The summed E-state index contributed by atoms with van der Waals surface area (Å²) in [5, 5.41) is 3.04. The van der Waals surface area contributed by atoms with Gasteiger partial charge in [0.15, 0.2) is 0 Å². The van der Waals surface area contributed by atoms with E-state index in [0.29, 0.717) is 13.1 Å². The first-order valence-corrected chi connectivity index (χ1v) is 6.42. The molecule has 18 heavy (non-hydrogen) atoms. The van der Waals surface area contributed by atoms with Crippen LogP contribution in [0.15, 0.2) is 0 Å². The number of rotatable bonds is 3. The Morgan fingerprint density at radius 2 is 1.83 bits per heavy atom. The van der Waals surface area contributed by atoms with E-state index in [1.807, 2.05) is 20.8 Å². The fourth-order valence-corrected chi connectivity index (χ4v) is 1.89. The number of hydrogen-bond donors (Lipinski definition) is 1. The molecule has 0 aromatic rings. The summed E-state index contributed by atoms with van der Waals surface area (Å²) in [6.45, 7) is 7.23. The zero-order chi connectivity index (χ0) is 13.8. The lowest BCUT2D eigenvalue weighted by Crippen LogP contribution is -2.49. The predicted molar refractivity (Wildman–Crippen MR) is 69.1 cm³/mol. The van der Waals surface area contributed by atoms with Gasteiger partial charge in [-0.3, -0.25) is 9.59 Å². The molecule has 0 radical (unpaired) electrons. The second-order valence-electron chi connectivity index (χ2n) is 5.81. The SMILES string of the molecule is COCC(=O)N1CCC(NC(=O)C(C)(C)C)CC1. The summed E-state index contributed by atoms with van der Waals surface area (Å²) in [6.07, 6.45) is 1.63. The first-order valence-electron chi connectivity index (χ1n) is 6.42. The Hall–Kier alpha value is -1.10. The minimum Gasteiger partial charge on any atom is -0.375 e. The summed E-state index contributed by atoms with van der Waals surface area (Å²) in [5.41, 5.74) is -0.358. The minimum absolute atomic E-state index is 0.0260. The molecule has 1 N–H and O–H groups in total. The highest BCUT2D eigenvalue weighted by Gasteiger charge is 2.27. The van der Waals surface area contributed by atoms with Gasteiger partial charge in [0.05, 0.1) is 0 Å². The Labute approximate surface area is 109 Å².